The van der Waals surface area contributed by atoms with Gasteiger partial charge in [-0.25, -0.2) is 4.39 Å². The Bertz CT molecular complexity index is 1460. The number of pyridine rings is 1. The monoisotopic (exact) mass is 519 g/mol. The summed E-state index contributed by atoms with van der Waals surface area (Å²) in [6, 6.07) is 17.2. The van der Waals surface area contributed by atoms with Gasteiger partial charge in [-0.1, -0.05) is 30.4 Å². The van der Waals surface area contributed by atoms with Crippen molar-refractivity contribution in [1.82, 2.24) is 4.98 Å². The predicted octanol–water partition coefficient (Wildman–Crippen LogP) is 6.31. The number of ketones is 1. The summed E-state index contributed by atoms with van der Waals surface area (Å²) in [4.78, 5) is 17.3. The zero-order valence-electron chi connectivity index (χ0n) is 20.7. The van der Waals surface area contributed by atoms with E-state index in [0.29, 0.717) is 50.1 Å². The van der Waals surface area contributed by atoms with Gasteiger partial charge in [-0.15, -0.1) is 0 Å². The highest BCUT2D eigenvalue weighted by Gasteiger charge is 2.14. The van der Waals surface area contributed by atoms with Crippen molar-refractivity contribution in [2.75, 3.05) is 21.3 Å². The van der Waals surface area contributed by atoms with Crippen LogP contribution >= 0.6 is 12.2 Å². The molecule has 0 saturated heterocycles. The largest absolute Gasteiger partial charge is 0.497 e. The third-order valence-electron chi connectivity index (χ3n) is 5.78. The maximum absolute atomic E-state index is 14.9. The van der Waals surface area contributed by atoms with Crippen molar-refractivity contribution in [2.45, 2.75) is 19.3 Å². The molecule has 37 heavy (non-hydrogen) atoms. The molecule has 0 aliphatic heterocycles. The lowest BCUT2D eigenvalue weighted by molar-refractivity contribution is -0.117. The molecule has 0 aliphatic rings. The first-order valence-corrected chi connectivity index (χ1v) is 11.9. The molecule has 0 radical (unpaired) electrons. The van der Waals surface area contributed by atoms with E-state index in [2.05, 4.69) is 4.98 Å². The van der Waals surface area contributed by atoms with Crippen LogP contribution in [0.4, 0.5) is 4.39 Å². The number of rotatable bonds is 11. The zero-order valence-corrected chi connectivity index (χ0v) is 21.6. The normalized spacial score (nSPS) is 10.7. The number of Topliss-reactive ketones (excluding diaryl/α,β-unsaturated/α-hetero) is 1. The number of carbonyl (C=O) groups is 1. The number of aromatic nitrogens is 1. The minimum Gasteiger partial charge on any atom is -0.497 e. The maximum Gasteiger partial charge on any atom is 0.162 e. The van der Waals surface area contributed by atoms with Crippen LogP contribution in [0.3, 0.4) is 0 Å². The molecule has 0 N–H and O–H groups in total. The van der Waals surface area contributed by atoms with E-state index < -0.39 is 5.82 Å². The van der Waals surface area contributed by atoms with E-state index in [1.165, 1.54) is 6.07 Å². The maximum atomic E-state index is 14.9. The summed E-state index contributed by atoms with van der Waals surface area (Å²) in [5.74, 6) is 2.10. The number of ether oxygens (including phenoxy) is 4. The van der Waals surface area contributed by atoms with Crippen LogP contribution < -0.4 is 18.9 Å². The van der Waals surface area contributed by atoms with Crippen molar-refractivity contribution in [2.24, 2.45) is 0 Å². The van der Waals surface area contributed by atoms with Gasteiger partial charge < -0.3 is 18.9 Å². The van der Waals surface area contributed by atoms with Gasteiger partial charge in [0.2, 0.25) is 0 Å². The highest BCUT2D eigenvalue weighted by molar-refractivity contribution is 7.80. The number of hydrogen-bond acceptors (Lipinski definition) is 7. The number of halogens is 1. The van der Waals surface area contributed by atoms with E-state index in [-0.39, 0.29) is 25.0 Å². The fraction of sp³-hybridized carbons (Fsp3) is 0.207. The second kappa shape index (κ2) is 11.8. The number of carbonyl (C=O) groups excluding carboxylic acids is 1. The lowest BCUT2D eigenvalue weighted by atomic mass is 10.0. The number of hydrogen-bond donors (Lipinski definition) is 0. The second-order valence-corrected chi connectivity index (χ2v) is 8.93. The van der Waals surface area contributed by atoms with Crippen LogP contribution in [0.25, 0.3) is 10.9 Å². The predicted molar refractivity (Wildman–Crippen MR) is 144 cm³/mol. The van der Waals surface area contributed by atoms with Crippen molar-refractivity contribution in [3.8, 4) is 28.7 Å². The minimum absolute atomic E-state index is 0.0322. The quantitative estimate of drug-likeness (QED) is 0.215. The smallest absolute Gasteiger partial charge is 0.162 e. The van der Waals surface area contributed by atoms with Crippen molar-refractivity contribution in [1.29, 1.82) is 0 Å². The number of benzene rings is 3. The van der Waals surface area contributed by atoms with E-state index in [9.17, 15) is 9.18 Å². The Balaban J connectivity index is 1.43. The number of methoxy groups -OCH3 is 3. The van der Waals surface area contributed by atoms with Gasteiger partial charge in [-0.05, 0) is 41.5 Å². The van der Waals surface area contributed by atoms with E-state index >= 15 is 0 Å². The number of thiocarbonyl (C=S) groups is 1. The molecule has 4 aromatic rings. The molecule has 4 rings (SSSR count). The fourth-order valence-electron chi connectivity index (χ4n) is 3.97. The first-order valence-electron chi connectivity index (χ1n) is 11.5. The average Bonchev–Trinajstić information content (AvgIpc) is 2.89. The summed E-state index contributed by atoms with van der Waals surface area (Å²) in [7, 11) is 4.68. The molecular weight excluding hydrogens is 493 g/mol. The molecule has 0 bridgehead atoms. The molecule has 0 aliphatic carbocycles. The Hall–Kier alpha value is -4.04. The van der Waals surface area contributed by atoms with Crippen molar-refractivity contribution >= 4 is 33.8 Å². The van der Waals surface area contributed by atoms with Crippen LogP contribution in [0.15, 0.2) is 66.9 Å². The van der Waals surface area contributed by atoms with Crippen LogP contribution in [-0.2, 0) is 17.6 Å². The number of nitrogens with zero attached hydrogens (tertiary/aromatic N) is 1. The number of fused-ring (bicyclic) bond motifs is 1. The van der Waals surface area contributed by atoms with Crippen molar-refractivity contribution < 1.29 is 28.1 Å². The molecule has 0 spiro atoms. The van der Waals surface area contributed by atoms with Crippen LogP contribution in [0.1, 0.15) is 17.5 Å². The van der Waals surface area contributed by atoms with E-state index in [0.717, 1.165) is 5.56 Å². The molecule has 0 unspecified atom stereocenters. The van der Waals surface area contributed by atoms with E-state index in [4.69, 9.17) is 31.2 Å². The lowest BCUT2D eigenvalue weighted by Gasteiger charge is -2.13. The van der Waals surface area contributed by atoms with Crippen molar-refractivity contribution in [3.05, 3.63) is 83.8 Å². The Labute approximate surface area is 220 Å². The summed E-state index contributed by atoms with van der Waals surface area (Å²) in [5, 5.41) is 0.695. The van der Waals surface area contributed by atoms with Crippen LogP contribution in [0.2, 0.25) is 0 Å². The molecule has 0 atom stereocenters. The summed E-state index contributed by atoms with van der Waals surface area (Å²) in [6.45, 7) is 0. The van der Waals surface area contributed by atoms with Gasteiger partial charge in [0, 0.05) is 47.8 Å². The van der Waals surface area contributed by atoms with Gasteiger partial charge >= 0.3 is 0 Å². The summed E-state index contributed by atoms with van der Waals surface area (Å²) >= 11 is 5.40. The third kappa shape index (κ3) is 6.40. The Morgan fingerprint density at radius 1 is 0.865 bits per heavy atom. The molecule has 0 saturated carbocycles. The third-order valence-corrected chi connectivity index (χ3v) is 6.07. The summed E-state index contributed by atoms with van der Waals surface area (Å²) < 4.78 is 36.8. The van der Waals surface area contributed by atoms with Gasteiger partial charge in [0.25, 0.3) is 0 Å². The first kappa shape index (κ1) is 26.0. The fourth-order valence-corrected chi connectivity index (χ4v) is 4.28. The van der Waals surface area contributed by atoms with Gasteiger partial charge in [-0.3, -0.25) is 9.78 Å². The van der Waals surface area contributed by atoms with Gasteiger partial charge in [0.05, 0.1) is 26.8 Å². The second-order valence-electron chi connectivity index (χ2n) is 8.35. The van der Waals surface area contributed by atoms with E-state index in [1.54, 1.807) is 57.9 Å². The van der Waals surface area contributed by atoms with Crippen LogP contribution in [-0.4, -0.2) is 37.0 Å². The molecule has 3 aromatic carbocycles. The van der Waals surface area contributed by atoms with Gasteiger partial charge in [0.1, 0.15) is 28.8 Å². The molecule has 0 amide bonds. The molecule has 0 fully saturated rings. The van der Waals surface area contributed by atoms with Gasteiger partial charge in [0.15, 0.2) is 11.5 Å². The highest BCUT2D eigenvalue weighted by Crippen LogP contribution is 2.37. The molecule has 1 aromatic heterocycles. The first-order chi connectivity index (χ1) is 17.9. The van der Waals surface area contributed by atoms with Crippen LogP contribution in [0.5, 0.6) is 28.7 Å². The molecule has 1 heterocycles. The van der Waals surface area contributed by atoms with Gasteiger partial charge in [-0.2, -0.15) is 0 Å². The Kier molecular flexibility index (Phi) is 8.30. The SMILES string of the molecule is COc1cccc(CC(=O)CC(=S)Cc2ccc(Oc3ccnc4cc(OC)c(OC)cc34)cc2F)c1. The zero-order chi connectivity index (χ0) is 26.4. The summed E-state index contributed by atoms with van der Waals surface area (Å²) in [5.41, 5.74) is 1.90. The molecular formula is C29H26FNO5S. The Morgan fingerprint density at radius 2 is 1.65 bits per heavy atom. The minimum atomic E-state index is -0.460. The standard InChI is InChI=1S/C29H26FNO5S/c1-33-21-6-4-5-18(12-21)11-20(32)14-23(37)13-19-7-8-22(15-25(19)30)36-27-9-10-31-26-17-29(35-3)28(34-2)16-24(26)27/h4-10,12,15-17H,11,13-14H2,1-3H3. The Morgan fingerprint density at radius 3 is 2.38 bits per heavy atom. The van der Waals surface area contributed by atoms with Crippen LogP contribution in [0, 0.1) is 5.82 Å². The molecule has 8 heteroatoms. The van der Waals surface area contributed by atoms with Crippen molar-refractivity contribution in [3.63, 3.8) is 0 Å². The molecule has 190 valence electrons. The summed E-state index contributed by atoms with van der Waals surface area (Å²) in [6.07, 6.45) is 2.12. The lowest BCUT2D eigenvalue weighted by Crippen LogP contribution is -2.11. The highest BCUT2D eigenvalue weighted by atomic mass is 32.1. The topological polar surface area (TPSA) is 66.9 Å². The van der Waals surface area contributed by atoms with E-state index in [1.807, 2.05) is 24.3 Å². The molecule has 6 nitrogen and oxygen atoms in total. The average molecular weight is 520 g/mol.